The van der Waals surface area contributed by atoms with Crippen LogP contribution in [0.2, 0.25) is 0 Å². The summed E-state index contributed by atoms with van der Waals surface area (Å²) in [5, 5.41) is 0. The number of rotatable bonds is 7. The molecule has 3 nitrogen and oxygen atoms in total. The minimum Gasteiger partial charge on any atom is -0.339 e. The van der Waals surface area contributed by atoms with Crippen molar-refractivity contribution in [1.82, 2.24) is 4.90 Å². The summed E-state index contributed by atoms with van der Waals surface area (Å²) in [5.41, 5.74) is 6.12. The van der Waals surface area contributed by atoms with Crippen LogP contribution >= 0.6 is 0 Å². The van der Waals surface area contributed by atoms with E-state index in [-0.39, 0.29) is 5.91 Å². The van der Waals surface area contributed by atoms with Gasteiger partial charge in [0.25, 0.3) is 0 Å². The molecule has 0 aromatic carbocycles. The topological polar surface area (TPSA) is 46.3 Å². The highest BCUT2D eigenvalue weighted by molar-refractivity contribution is 5.92. The van der Waals surface area contributed by atoms with Gasteiger partial charge < -0.3 is 10.6 Å². The van der Waals surface area contributed by atoms with E-state index in [1.54, 1.807) is 0 Å². The Morgan fingerprint density at radius 3 is 2.50 bits per heavy atom. The van der Waals surface area contributed by atoms with Crippen molar-refractivity contribution >= 4 is 5.91 Å². The zero-order valence-corrected chi connectivity index (χ0v) is 9.38. The summed E-state index contributed by atoms with van der Waals surface area (Å²) < 4.78 is 0. The van der Waals surface area contributed by atoms with Gasteiger partial charge in [0.05, 0.1) is 0 Å². The van der Waals surface area contributed by atoms with Gasteiger partial charge >= 0.3 is 0 Å². The van der Waals surface area contributed by atoms with Crippen molar-refractivity contribution in [2.45, 2.75) is 33.1 Å². The minimum atomic E-state index is 0.0859. The fourth-order valence-electron chi connectivity index (χ4n) is 1.32. The molecule has 1 amide bonds. The molecule has 0 bridgehead atoms. The molecule has 3 heteroatoms. The normalized spacial score (nSPS) is 9.93. The highest BCUT2D eigenvalue weighted by atomic mass is 16.2. The maximum Gasteiger partial charge on any atom is 0.249 e. The maximum atomic E-state index is 11.8. The van der Waals surface area contributed by atoms with Gasteiger partial charge in [0.1, 0.15) is 0 Å². The molecular weight excluding hydrogens is 176 g/mol. The number of likely N-dealkylation sites (N-methyl/N-ethyl adjacent to an activating group) is 1. The molecule has 0 aliphatic heterocycles. The lowest BCUT2D eigenvalue weighted by Gasteiger charge is -2.21. The van der Waals surface area contributed by atoms with E-state index in [0.717, 1.165) is 32.4 Å². The van der Waals surface area contributed by atoms with Gasteiger partial charge in [-0.15, -0.1) is 0 Å². The zero-order valence-electron chi connectivity index (χ0n) is 9.38. The minimum absolute atomic E-state index is 0.0859. The Bertz CT molecular complexity index is 190. The van der Waals surface area contributed by atoms with Crippen molar-refractivity contribution in [2.75, 3.05) is 19.6 Å². The quantitative estimate of drug-likeness (QED) is 0.631. The molecule has 0 rings (SSSR count). The Labute approximate surface area is 87.0 Å². The van der Waals surface area contributed by atoms with E-state index >= 15 is 0 Å². The summed E-state index contributed by atoms with van der Waals surface area (Å²) in [7, 11) is 0. The highest BCUT2D eigenvalue weighted by Crippen LogP contribution is 2.07. The molecule has 0 aliphatic carbocycles. The molecule has 0 atom stereocenters. The summed E-state index contributed by atoms with van der Waals surface area (Å²) in [6, 6.07) is 0. The van der Waals surface area contributed by atoms with Crippen LogP contribution in [0.1, 0.15) is 33.1 Å². The van der Waals surface area contributed by atoms with Gasteiger partial charge in [-0.2, -0.15) is 0 Å². The summed E-state index contributed by atoms with van der Waals surface area (Å²) in [5.74, 6) is 0.0859. The lowest BCUT2D eigenvalue weighted by Crippen LogP contribution is -2.33. The first-order chi connectivity index (χ1) is 6.67. The fraction of sp³-hybridized carbons (Fsp3) is 0.727. The summed E-state index contributed by atoms with van der Waals surface area (Å²) in [6.07, 6.45) is 2.62. The van der Waals surface area contributed by atoms with Crippen LogP contribution in [0.4, 0.5) is 0 Å². The number of carbonyl (C=O) groups excluding carboxylic acids is 1. The van der Waals surface area contributed by atoms with Crippen molar-refractivity contribution in [1.29, 1.82) is 0 Å². The van der Waals surface area contributed by atoms with E-state index in [1.807, 2.05) is 11.8 Å². The van der Waals surface area contributed by atoms with Crippen molar-refractivity contribution in [2.24, 2.45) is 5.73 Å². The third-order valence-electron chi connectivity index (χ3n) is 2.16. The summed E-state index contributed by atoms with van der Waals surface area (Å²) in [6.45, 7) is 9.94. The number of hydrogen-bond donors (Lipinski definition) is 1. The van der Waals surface area contributed by atoms with Gasteiger partial charge in [-0.1, -0.05) is 19.9 Å². The first-order valence-corrected chi connectivity index (χ1v) is 5.34. The Kier molecular flexibility index (Phi) is 7.11. The third-order valence-corrected chi connectivity index (χ3v) is 2.16. The van der Waals surface area contributed by atoms with Crippen LogP contribution < -0.4 is 5.73 Å². The molecular formula is C11H22N2O. The monoisotopic (exact) mass is 198 g/mol. The first kappa shape index (κ1) is 13.2. The molecule has 0 saturated carbocycles. The summed E-state index contributed by atoms with van der Waals surface area (Å²) in [4.78, 5) is 13.6. The van der Waals surface area contributed by atoms with Crippen LogP contribution in [-0.2, 0) is 4.79 Å². The molecule has 0 aromatic rings. The van der Waals surface area contributed by atoms with Crippen molar-refractivity contribution in [3.8, 4) is 0 Å². The van der Waals surface area contributed by atoms with Crippen molar-refractivity contribution < 1.29 is 4.79 Å². The van der Waals surface area contributed by atoms with Crippen molar-refractivity contribution in [3.05, 3.63) is 12.2 Å². The molecule has 2 N–H and O–H groups in total. The van der Waals surface area contributed by atoms with E-state index in [1.165, 1.54) is 0 Å². The van der Waals surface area contributed by atoms with Crippen LogP contribution in [-0.4, -0.2) is 30.4 Å². The highest BCUT2D eigenvalue weighted by Gasteiger charge is 2.13. The summed E-state index contributed by atoms with van der Waals surface area (Å²) >= 11 is 0. The Morgan fingerprint density at radius 2 is 2.07 bits per heavy atom. The van der Waals surface area contributed by atoms with Crippen LogP contribution in [0.3, 0.4) is 0 Å². The van der Waals surface area contributed by atoms with Gasteiger partial charge in [0.15, 0.2) is 0 Å². The lowest BCUT2D eigenvalue weighted by atomic mass is 10.1. The third kappa shape index (κ3) is 4.42. The number of nitrogens with two attached hydrogens (primary N) is 1. The SMILES string of the molecule is C=C(CCC)C(=O)N(CC)CCCN. The van der Waals surface area contributed by atoms with E-state index in [4.69, 9.17) is 5.73 Å². The Hall–Kier alpha value is -0.830. The number of amides is 1. The lowest BCUT2D eigenvalue weighted by molar-refractivity contribution is -0.127. The molecule has 0 saturated heterocycles. The Balaban J connectivity index is 4.09. The maximum absolute atomic E-state index is 11.8. The molecule has 0 unspecified atom stereocenters. The molecule has 0 radical (unpaired) electrons. The molecule has 82 valence electrons. The average Bonchev–Trinajstić information content (AvgIpc) is 2.19. The zero-order chi connectivity index (χ0) is 11.0. The van der Waals surface area contributed by atoms with Gasteiger partial charge in [0, 0.05) is 18.7 Å². The van der Waals surface area contributed by atoms with Gasteiger partial charge in [-0.3, -0.25) is 4.79 Å². The number of carbonyl (C=O) groups is 1. The van der Waals surface area contributed by atoms with Crippen LogP contribution in [0, 0.1) is 0 Å². The second-order valence-corrected chi connectivity index (χ2v) is 3.38. The van der Waals surface area contributed by atoms with E-state index in [9.17, 15) is 4.79 Å². The van der Waals surface area contributed by atoms with Crippen molar-refractivity contribution in [3.63, 3.8) is 0 Å². The number of nitrogens with zero attached hydrogens (tertiary/aromatic N) is 1. The predicted molar refractivity (Wildman–Crippen MR) is 60.0 cm³/mol. The molecule has 0 fully saturated rings. The average molecular weight is 198 g/mol. The van der Waals surface area contributed by atoms with Crippen LogP contribution in [0.25, 0.3) is 0 Å². The van der Waals surface area contributed by atoms with Crippen LogP contribution in [0.5, 0.6) is 0 Å². The van der Waals surface area contributed by atoms with Gasteiger partial charge in [-0.25, -0.2) is 0 Å². The second kappa shape index (κ2) is 7.56. The predicted octanol–water partition coefficient (Wildman–Crippen LogP) is 1.54. The largest absolute Gasteiger partial charge is 0.339 e. The van der Waals surface area contributed by atoms with E-state index in [2.05, 4.69) is 13.5 Å². The molecule has 14 heavy (non-hydrogen) atoms. The number of hydrogen-bond acceptors (Lipinski definition) is 2. The fourth-order valence-corrected chi connectivity index (χ4v) is 1.32. The van der Waals surface area contributed by atoms with E-state index in [0.29, 0.717) is 12.1 Å². The molecule has 0 heterocycles. The second-order valence-electron chi connectivity index (χ2n) is 3.38. The standard InChI is InChI=1S/C11H22N2O/c1-4-7-10(3)11(14)13(5-2)9-6-8-12/h3-9,12H2,1-2H3. The first-order valence-electron chi connectivity index (χ1n) is 5.34. The molecule has 0 aromatic heterocycles. The molecule has 0 spiro atoms. The smallest absolute Gasteiger partial charge is 0.249 e. The van der Waals surface area contributed by atoms with Gasteiger partial charge in [0.2, 0.25) is 5.91 Å². The van der Waals surface area contributed by atoms with Crippen LogP contribution in [0.15, 0.2) is 12.2 Å². The van der Waals surface area contributed by atoms with E-state index < -0.39 is 0 Å². The molecule has 0 aliphatic rings. The Morgan fingerprint density at radius 1 is 1.43 bits per heavy atom. The van der Waals surface area contributed by atoms with Gasteiger partial charge in [-0.05, 0) is 26.3 Å².